The Morgan fingerprint density at radius 1 is 1.50 bits per heavy atom. The molecule has 0 bridgehead atoms. The molecule has 1 aromatic heterocycles. The van der Waals surface area contributed by atoms with E-state index in [1.165, 1.54) is 9.75 Å². The van der Waals surface area contributed by atoms with Gasteiger partial charge in [-0.25, -0.2) is 0 Å². The van der Waals surface area contributed by atoms with Gasteiger partial charge in [-0.3, -0.25) is 4.79 Å². The molecular weight excluding hydrogens is 250 g/mol. The van der Waals surface area contributed by atoms with Crippen LogP contribution in [0.5, 0.6) is 0 Å². The third kappa shape index (κ3) is 2.74. The molecule has 18 heavy (non-hydrogen) atoms. The average Bonchev–Trinajstić information content (AvgIpc) is 3.05. The van der Waals surface area contributed by atoms with Crippen molar-refractivity contribution < 1.29 is 15.0 Å². The SMILES string of the molecule is Cc1ccc([C@H]2C[C@H]2C(=O)NC(C)(CO)CO)s1. The van der Waals surface area contributed by atoms with E-state index in [2.05, 4.69) is 24.4 Å². The van der Waals surface area contributed by atoms with Crippen LogP contribution in [0.2, 0.25) is 0 Å². The van der Waals surface area contributed by atoms with Crippen molar-refractivity contribution in [2.24, 2.45) is 5.92 Å². The lowest BCUT2D eigenvalue weighted by molar-refractivity contribution is -0.125. The van der Waals surface area contributed by atoms with E-state index in [4.69, 9.17) is 10.2 Å². The van der Waals surface area contributed by atoms with Crippen LogP contribution >= 0.6 is 11.3 Å². The second-order valence-corrected chi connectivity index (χ2v) is 6.58. The van der Waals surface area contributed by atoms with Crippen molar-refractivity contribution in [3.8, 4) is 0 Å². The molecule has 0 aromatic carbocycles. The number of aliphatic hydroxyl groups is 2. The first kappa shape index (κ1) is 13.5. The van der Waals surface area contributed by atoms with Crippen LogP contribution in [0, 0.1) is 12.8 Å². The van der Waals surface area contributed by atoms with Crippen LogP contribution in [-0.4, -0.2) is 34.9 Å². The van der Waals surface area contributed by atoms with Gasteiger partial charge in [0.25, 0.3) is 0 Å². The van der Waals surface area contributed by atoms with E-state index in [9.17, 15) is 4.79 Å². The predicted molar refractivity (Wildman–Crippen MR) is 70.6 cm³/mol. The standard InChI is InChI=1S/C13H19NO3S/c1-8-3-4-11(18-8)9-5-10(9)12(17)14-13(2,6-15)7-16/h3-4,9-10,15-16H,5-7H2,1-2H3,(H,14,17)/t9-,10+/m0/s1. The molecule has 1 heterocycles. The van der Waals surface area contributed by atoms with Crippen molar-refractivity contribution in [3.05, 3.63) is 21.9 Å². The molecule has 0 saturated heterocycles. The highest BCUT2D eigenvalue weighted by Crippen LogP contribution is 2.49. The number of aliphatic hydroxyl groups excluding tert-OH is 2. The molecule has 3 N–H and O–H groups in total. The summed E-state index contributed by atoms with van der Waals surface area (Å²) >= 11 is 1.73. The Morgan fingerprint density at radius 2 is 2.17 bits per heavy atom. The molecule has 1 aromatic rings. The van der Waals surface area contributed by atoms with E-state index in [1.54, 1.807) is 18.3 Å². The number of hydrogen-bond acceptors (Lipinski definition) is 4. The van der Waals surface area contributed by atoms with Gasteiger partial charge >= 0.3 is 0 Å². The highest BCUT2D eigenvalue weighted by molar-refractivity contribution is 7.12. The fourth-order valence-electron chi connectivity index (χ4n) is 1.97. The Labute approximate surface area is 111 Å². The number of aryl methyl sites for hydroxylation is 1. The fourth-order valence-corrected chi connectivity index (χ4v) is 3.03. The quantitative estimate of drug-likeness (QED) is 0.747. The maximum Gasteiger partial charge on any atom is 0.224 e. The highest BCUT2D eigenvalue weighted by Gasteiger charge is 2.46. The van der Waals surface area contributed by atoms with Crippen molar-refractivity contribution in [3.63, 3.8) is 0 Å². The zero-order chi connectivity index (χ0) is 13.3. The largest absolute Gasteiger partial charge is 0.394 e. The minimum Gasteiger partial charge on any atom is -0.394 e. The summed E-state index contributed by atoms with van der Waals surface area (Å²) in [4.78, 5) is 14.5. The first-order valence-electron chi connectivity index (χ1n) is 6.09. The lowest BCUT2D eigenvalue weighted by Crippen LogP contribution is -2.52. The molecule has 4 nitrogen and oxygen atoms in total. The van der Waals surface area contributed by atoms with Crippen LogP contribution in [0.4, 0.5) is 0 Å². The number of thiophene rings is 1. The molecular formula is C13H19NO3S. The Kier molecular flexibility index (Phi) is 3.75. The summed E-state index contributed by atoms with van der Waals surface area (Å²) in [6.45, 7) is 3.17. The lowest BCUT2D eigenvalue weighted by Gasteiger charge is -2.26. The second-order valence-electron chi connectivity index (χ2n) is 5.26. The van der Waals surface area contributed by atoms with E-state index in [1.807, 2.05) is 0 Å². The van der Waals surface area contributed by atoms with Crippen molar-refractivity contribution in [2.45, 2.75) is 31.7 Å². The molecule has 1 aliphatic rings. The van der Waals surface area contributed by atoms with Crippen LogP contribution in [-0.2, 0) is 4.79 Å². The predicted octanol–water partition coefficient (Wildman–Crippen LogP) is 1.02. The molecule has 0 aliphatic heterocycles. The van der Waals surface area contributed by atoms with Crippen molar-refractivity contribution >= 4 is 17.2 Å². The van der Waals surface area contributed by atoms with Gasteiger partial charge in [-0.05, 0) is 32.4 Å². The maximum absolute atomic E-state index is 12.0. The topological polar surface area (TPSA) is 69.6 Å². The third-order valence-corrected chi connectivity index (χ3v) is 4.51. The molecule has 1 amide bonds. The van der Waals surface area contributed by atoms with Crippen molar-refractivity contribution in [2.75, 3.05) is 13.2 Å². The van der Waals surface area contributed by atoms with Gasteiger partial charge in [0.15, 0.2) is 0 Å². The molecule has 100 valence electrons. The first-order valence-corrected chi connectivity index (χ1v) is 6.91. The van der Waals surface area contributed by atoms with E-state index in [0.29, 0.717) is 5.92 Å². The molecule has 2 atom stereocenters. The Balaban J connectivity index is 1.93. The zero-order valence-electron chi connectivity index (χ0n) is 10.6. The van der Waals surface area contributed by atoms with Gasteiger partial charge in [-0.2, -0.15) is 0 Å². The van der Waals surface area contributed by atoms with Crippen LogP contribution < -0.4 is 5.32 Å². The van der Waals surface area contributed by atoms with E-state index in [0.717, 1.165) is 6.42 Å². The van der Waals surface area contributed by atoms with E-state index < -0.39 is 5.54 Å². The molecule has 1 aliphatic carbocycles. The van der Waals surface area contributed by atoms with E-state index >= 15 is 0 Å². The summed E-state index contributed by atoms with van der Waals surface area (Å²) in [7, 11) is 0. The Hall–Kier alpha value is -0.910. The van der Waals surface area contributed by atoms with Crippen LogP contribution in [0.15, 0.2) is 12.1 Å². The summed E-state index contributed by atoms with van der Waals surface area (Å²) in [5.41, 5.74) is -0.921. The van der Waals surface area contributed by atoms with E-state index in [-0.39, 0.29) is 25.0 Å². The fraction of sp³-hybridized carbons (Fsp3) is 0.615. The van der Waals surface area contributed by atoms with Gasteiger partial charge < -0.3 is 15.5 Å². The Bertz CT molecular complexity index is 439. The van der Waals surface area contributed by atoms with Gasteiger partial charge in [-0.15, -0.1) is 11.3 Å². The van der Waals surface area contributed by atoms with Gasteiger partial charge in [0, 0.05) is 21.6 Å². The first-order chi connectivity index (χ1) is 8.49. The summed E-state index contributed by atoms with van der Waals surface area (Å²) < 4.78 is 0. The summed E-state index contributed by atoms with van der Waals surface area (Å²) in [6, 6.07) is 4.15. The molecule has 0 radical (unpaired) electrons. The molecule has 0 spiro atoms. The number of rotatable bonds is 5. The smallest absolute Gasteiger partial charge is 0.224 e. The van der Waals surface area contributed by atoms with Gasteiger partial charge in [0.05, 0.1) is 18.8 Å². The highest BCUT2D eigenvalue weighted by atomic mass is 32.1. The second kappa shape index (κ2) is 4.99. The van der Waals surface area contributed by atoms with Gasteiger partial charge in [-0.1, -0.05) is 0 Å². The van der Waals surface area contributed by atoms with Crippen molar-refractivity contribution in [1.29, 1.82) is 0 Å². The molecule has 1 saturated carbocycles. The Morgan fingerprint density at radius 3 is 2.67 bits per heavy atom. The molecule has 1 fully saturated rings. The molecule has 2 rings (SSSR count). The zero-order valence-corrected chi connectivity index (χ0v) is 11.5. The summed E-state index contributed by atoms with van der Waals surface area (Å²) in [6.07, 6.45) is 0.860. The number of nitrogens with one attached hydrogen (secondary N) is 1. The molecule has 5 heteroatoms. The summed E-state index contributed by atoms with van der Waals surface area (Å²) in [5.74, 6) is 0.225. The van der Waals surface area contributed by atoms with Crippen molar-refractivity contribution in [1.82, 2.24) is 5.32 Å². The maximum atomic E-state index is 12.0. The monoisotopic (exact) mass is 269 g/mol. The third-order valence-electron chi connectivity index (χ3n) is 3.38. The number of carbonyl (C=O) groups is 1. The van der Waals surface area contributed by atoms with Gasteiger partial charge in [0.1, 0.15) is 0 Å². The normalized spacial score (nSPS) is 22.9. The number of amides is 1. The molecule has 0 unspecified atom stereocenters. The van der Waals surface area contributed by atoms with Gasteiger partial charge in [0.2, 0.25) is 5.91 Å². The number of carbonyl (C=O) groups excluding carboxylic acids is 1. The number of hydrogen-bond donors (Lipinski definition) is 3. The van der Waals surface area contributed by atoms with Crippen LogP contribution in [0.1, 0.15) is 29.0 Å². The van der Waals surface area contributed by atoms with Crippen LogP contribution in [0.25, 0.3) is 0 Å². The minimum atomic E-state index is -0.921. The summed E-state index contributed by atoms with van der Waals surface area (Å²) in [5, 5.41) is 21.0. The minimum absolute atomic E-state index is 0.0134. The lowest BCUT2D eigenvalue weighted by atomic mass is 10.1. The average molecular weight is 269 g/mol. The van der Waals surface area contributed by atoms with Crippen LogP contribution in [0.3, 0.4) is 0 Å².